The molecule has 0 saturated heterocycles. The lowest BCUT2D eigenvalue weighted by Gasteiger charge is -2.29. The number of ether oxygens (including phenoxy) is 1. The Morgan fingerprint density at radius 3 is 2.58 bits per heavy atom. The van der Waals surface area contributed by atoms with Crippen molar-refractivity contribution in [1.29, 1.82) is 0 Å². The fraction of sp³-hybridized carbons (Fsp3) is 0.682. The van der Waals surface area contributed by atoms with Crippen LogP contribution in [-0.2, 0) is 4.79 Å². The van der Waals surface area contributed by atoms with Gasteiger partial charge in [0.15, 0.2) is 6.54 Å². The molecular weight excluding hydrogens is 324 g/mol. The van der Waals surface area contributed by atoms with Gasteiger partial charge in [-0.05, 0) is 49.3 Å². The van der Waals surface area contributed by atoms with Gasteiger partial charge in [0, 0.05) is 6.54 Å². The smallest absolute Gasteiger partial charge is 0.275 e. The van der Waals surface area contributed by atoms with E-state index in [1.807, 2.05) is 0 Å². The number of nitrogens with one attached hydrogen (secondary N) is 1. The molecule has 1 aromatic carbocycles. The van der Waals surface area contributed by atoms with Gasteiger partial charge in [-0.25, -0.2) is 0 Å². The van der Waals surface area contributed by atoms with Gasteiger partial charge >= 0.3 is 0 Å². The van der Waals surface area contributed by atoms with Crippen LogP contribution in [0.2, 0.25) is 0 Å². The normalized spacial score (nSPS) is 11.7. The van der Waals surface area contributed by atoms with Crippen LogP contribution in [0.4, 0.5) is 0 Å². The minimum absolute atomic E-state index is 0.154. The van der Waals surface area contributed by atoms with Crippen LogP contribution in [0.1, 0.15) is 63.5 Å². The summed E-state index contributed by atoms with van der Waals surface area (Å²) in [7, 11) is 4.25. The van der Waals surface area contributed by atoms with Crippen LogP contribution in [0.25, 0.3) is 0 Å². The van der Waals surface area contributed by atoms with E-state index < -0.39 is 0 Å². The highest BCUT2D eigenvalue weighted by Crippen LogP contribution is 2.27. The molecule has 0 heterocycles. The van der Waals surface area contributed by atoms with Crippen LogP contribution < -0.4 is 10.1 Å². The number of rotatable bonds is 12. The van der Waals surface area contributed by atoms with Gasteiger partial charge in [-0.2, -0.15) is 0 Å². The van der Waals surface area contributed by atoms with Gasteiger partial charge in [-0.1, -0.05) is 39.3 Å². The number of nitrogens with zero attached hydrogens (tertiary/aromatic N) is 1. The second kappa shape index (κ2) is 11.2. The molecule has 0 spiro atoms. The number of unbranched alkanes of at least 4 members (excludes halogenated alkanes) is 2. The van der Waals surface area contributed by atoms with Gasteiger partial charge in [0.05, 0.1) is 27.2 Å². The highest BCUT2D eigenvalue weighted by atomic mass is 16.5. The summed E-state index contributed by atoms with van der Waals surface area (Å²) < 4.78 is 6.78. The molecule has 4 nitrogen and oxygen atoms in total. The Balaban J connectivity index is 2.33. The molecule has 0 aliphatic carbocycles. The van der Waals surface area contributed by atoms with Crippen LogP contribution in [0.5, 0.6) is 5.75 Å². The molecule has 0 unspecified atom stereocenters. The number of amides is 1. The van der Waals surface area contributed by atoms with E-state index in [0.29, 0.717) is 12.5 Å². The number of carbonyl (C=O) groups excluding carboxylic acids is 1. The highest BCUT2D eigenvalue weighted by Gasteiger charge is 2.19. The summed E-state index contributed by atoms with van der Waals surface area (Å²) in [5.74, 6) is 1.64. The van der Waals surface area contributed by atoms with Crippen molar-refractivity contribution in [2.45, 2.75) is 59.3 Å². The van der Waals surface area contributed by atoms with Crippen LogP contribution >= 0.6 is 0 Å². The molecule has 0 saturated carbocycles. The third kappa shape index (κ3) is 8.70. The largest absolute Gasteiger partial charge is 0.493 e. The average molecular weight is 364 g/mol. The maximum Gasteiger partial charge on any atom is 0.275 e. The lowest BCUT2D eigenvalue weighted by Crippen LogP contribution is -2.48. The Bertz CT molecular complexity index is 553. The summed E-state index contributed by atoms with van der Waals surface area (Å²) in [5, 5.41) is 3.01. The molecule has 26 heavy (non-hydrogen) atoms. The molecule has 0 aliphatic rings. The Labute approximate surface area is 160 Å². The molecule has 148 valence electrons. The summed E-state index contributed by atoms with van der Waals surface area (Å²) in [6.45, 7) is 11.7. The summed E-state index contributed by atoms with van der Waals surface area (Å²) in [6.07, 6.45) is 4.22. The summed E-state index contributed by atoms with van der Waals surface area (Å²) in [6, 6.07) is 6.45. The molecule has 1 N–H and O–H groups in total. The lowest BCUT2D eigenvalue weighted by atomic mass is 10.0. The Hall–Kier alpha value is -1.55. The topological polar surface area (TPSA) is 38.3 Å². The van der Waals surface area contributed by atoms with Crippen molar-refractivity contribution in [2.75, 3.05) is 40.3 Å². The first kappa shape index (κ1) is 22.5. The fourth-order valence-electron chi connectivity index (χ4n) is 3.00. The van der Waals surface area contributed by atoms with E-state index in [1.54, 1.807) is 0 Å². The zero-order valence-corrected chi connectivity index (χ0v) is 17.7. The zero-order valence-electron chi connectivity index (χ0n) is 17.7. The second-order valence-electron chi connectivity index (χ2n) is 8.27. The van der Waals surface area contributed by atoms with Gasteiger partial charge in [-0.15, -0.1) is 0 Å². The monoisotopic (exact) mass is 363 g/mol. The quantitative estimate of drug-likeness (QED) is 0.445. The van der Waals surface area contributed by atoms with E-state index in [1.165, 1.54) is 11.1 Å². The van der Waals surface area contributed by atoms with Crippen LogP contribution in [-0.4, -0.2) is 50.7 Å². The van der Waals surface area contributed by atoms with Crippen LogP contribution in [0.3, 0.4) is 0 Å². The fourth-order valence-corrected chi connectivity index (χ4v) is 3.00. The third-order valence-corrected chi connectivity index (χ3v) is 4.63. The van der Waals surface area contributed by atoms with Crippen molar-refractivity contribution in [3.8, 4) is 5.75 Å². The van der Waals surface area contributed by atoms with E-state index in [-0.39, 0.29) is 5.91 Å². The van der Waals surface area contributed by atoms with Crippen molar-refractivity contribution < 1.29 is 14.0 Å². The van der Waals surface area contributed by atoms with Crippen molar-refractivity contribution in [3.05, 3.63) is 29.3 Å². The number of hydrogen-bond acceptors (Lipinski definition) is 2. The first-order valence-electron chi connectivity index (χ1n) is 10.1. The van der Waals surface area contributed by atoms with Crippen LogP contribution in [0, 0.1) is 6.92 Å². The molecule has 1 rings (SSSR count). The third-order valence-electron chi connectivity index (χ3n) is 4.63. The minimum Gasteiger partial charge on any atom is -0.493 e. The van der Waals surface area contributed by atoms with Gasteiger partial charge in [0.1, 0.15) is 5.75 Å². The Morgan fingerprint density at radius 2 is 1.92 bits per heavy atom. The molecule has 0 aromatic heterocycles. The summed E-state index contributed by atoms with van der Waals surface area (Å²) in [4.78, 5) is 12.0. The molecule has 0 radical (unpaired) electrons. The summed E-state index contributed by atoms with van der Waals surface area (Å²) in [5.41, 5.74) is 2.51. The van der Waals surface area contributed by atoms with E-state index >= 15 is 0 Å². The molecule has 1 amide bonds. The molecule has 4 heteroatoms. The van der Waals surface area contributed by atoms with Gasteiger partial charge in [0.25, 0.3) is 5.91 Å². The molecule has 0 bridgehead atoms. The second-order valence-corrected chi connectivity index (χ2v) is 8.27. The van der Waals surface area contributed by atoms with E-state index in [2.05, 4.69) is 65.3 Å². The Morgan fingerprint density at radius 1 is 1.19 bits per heavy atom. The number of aryl methyl sites for hydroxylation is 1. The predicted molar refractivity (Wildman–Crippen MR) is 110 cm³/mol. The molecule has 0 atom stereocenters. The summed E-state index contributed by atoms with van der Waals surface area (Å²) >= 11 is 0. The number of benzene rings is 1. The van der Waals surface area contributed by atoms with Crippen molar-refractivity contribution in [1.82, 2.24) is 5.32 Å². The maximum absolute atomic E-state index is 12.0. The van der Waals surface area contributed by atoms with Crippen molar-refractivity contribution in [2.24, 2.45) is 0 Å². The number of likely N-dealkylation sites (N-methyl/N-ethyl adjacent to an activating group) is 1. The van der Waals surface area contributed by atoms with Crippen LogP contribution in [0.15, 0.2) is 18.2 Å². The Kier molecular flexibility index (Phi) is 9.71. The predicted octanol–water partition coefficient (Wildman–Crippen LogP) is 4.27. The average Bonchev–Trinajstić information content (AvgIpc) is 2.54. The molecule has 1 aromatic rings. The van der Waals surface area contributed by atoms with Crippen molar-refractivity contribution in [3.63, 3.8) is 0 Å². The number of hydrogen-bond donors (Lipinski definition) is 1. The van der Waals surface area contributed by atoms with Gasteiger partial charge in [0.2, 0.25) is 0 Å². The minimum atomic E-state index is 0.154. The number of carbonyl (C=O) groups is 1. The SMILES string of the molecule is CCCCNC(=O)C[N+](C)(C)CCCCOc1cc(C)ccc1C(C)C. The first-order valence-corrected chi connectivity index (χ1v) is 10.1. The van der Waals surface area contributed by atoms with E-state index in [9.17, 15) is 4.79 Å². The van der Waals surface area contributed by atoms with E-state index in [4.69, 9.17) is 4.74 Å². The molecule has 0 aliphatic heterocycles. The molecule has 0 fully saturated rings. The highest BCUT2D eigenvalue weighted by molar-refractivity contribution is 5.76. The van der Waals surface area contributed by atoms with Crippen molar-refractivity contribution >= 4 is 5.91 Å². The zero-order chi connectivity index (χ0) is 19.6. The molecular formula is C22H39N2O2+. The van der Waals surface area contributed by atoms with Gasteiger partial charge in [-0.3, -0.25) is 4.79 Å². The lowest BCUT2D eigenvalue weighted by molar-refractivity contribution is -0.882. The van der Waals surface area contributed by atoms with Gasteiger partial charge < -0.3 is 14.5 Å². The number of quaternary nitrogens is 1. The first-order chi connectivity index (χ1) is 12.2. The maximum atomic E-state index is 12.0. The standard InChI is InChI=1S/C22H38N2O2/c1-7-8-13-23-22(25)17-24(5,6)14-9-10-15-26-21-16-19(4)11-12-20(21)18(2)3/h11-12,16,18H,7-10,13-15,17H2,1-6H3/p+1. The van der Waals surface area contributed by atoms with E-state index in [0.717, 1.165) is 55.6 Å².